The zero-order chi connectivity index (χ0) is 11.1. The Kier molecular flexibility index (Phi) is 6.69. The summed E-state index contributed by atoms with van der Waals surface area (Å²) < 4.78 is 0. The Morgan fingerprint density at radius 2 is 2.13 bits per heavy atom. The molecule has 1 rings (SSSR count). The van der Waals surface area contributed by atoms with Crippen LogP contribution in [0.25, 0.3) is 0 Å². The molecule has 1 fully saturated rings. The standard InChI is InChI=1S/C12H26N2S/c1-4-12(5-2)14(3)8-6-11-10-15-9-7-13-11/h11-13H,4-10H2,1-3H3. The molecule has 0 spiro atoms. The van der Waals surface area contributed by atoms with Crippen LogP contribution in [0.15, 0.2) is 0 Å². The van der Waals surface area contributed by atoms with Gasteiger partial charge in [-0.3, -0.25) is 0 Å². The Balaban J connectivity index is 2.16. The first-order valence-electron chi connectivity index (χ1n) is 6.29. The van der Waals surface area contributed by atoms with Crippen molar-refractivity contribution in [2.75, 3.05) is 31.6 Å². The number of rotatable bonds is 6. The van der Waals surface area contributed by atoms with Crippen LogP contribution in [-0.4, -0.2) is 48.6 Å². The predicted molar refractivity (Wildman–Crippen MR) is 70.7 cm³/mol. The van der Waals surface area contributed by atoms with Gasteiger partial charge in [-0.15, -0.1) is 0 Å². The Labute approximate surface area is 99.2 Å². The third kappa shape index (κ3) is 4.75. The van der Waals surface area contributed by atoms with Gasteiger partial charge in [0.2, 0.25) is 0 Å². The van der Waals surface area contributed by atoms with Gasteiger partial charge in [0, 0.05) is 30.1 Å². The van der Waals surface area contributed by atoms with E-state index in [9.17, 15) is 0 Å². The number of nitrogens with zero attached hydrogens (tertiary/aromatic N) is 1. The first kappa shape index (κ1) is 13.3. The second-order valence-corrected chi connectivity index (χ2v) is 5.62. The number of thioether (sulfide) groups is 1. The van der Waals surface area contributed by atoms with E-state index in [0.717, 1.165) is 12.1 Å². The second kappa shape index (κ2) is 7.53. The molecule has 15 heavy (non-hydrogen) atoms. The molecule has 90 valence electrons. The van der Waals surface area contributed by atoms with Crippen LogP contribution in [0.5, 0.6) is 0 Å². The van der Waals surface area contributed by atoms with Gasteiger partial charge in [0.15, 0.2) is 0 Å². The largest absolute Gasteiger partial charge is 0.312 e. The summed E-state index contributed by atoms with van der Waals surface area (Å²) in [6.45, 7) is 7.02. The molecule has 0 aromatic rings. The van der Waals surface area contributed by atoms with Crippen molar-refractivity contribution in [2.24, 2.45) is 0 Å². The van der Waals surface area contributed by atoms with Crippen LogP contribution in [0.3, 0.4) is 0 Å². The Morgan fingerprint density at radius 1 is 1.40 bits per heavy atom. The van der Waals surface area contributed by atoms with Crippen LogP contribution in [0.1, 0.15) is 33.1 Å². The average molecular weight is 230 g/mol. The molecule has 1 aliphatic rings. The van der Waals surface area contributed by atoms with Gasteiger partial charge in [-0.05, 0) is 32.9 Å². The summed E-state index contributed by atoms with van der Waals surface area (Å²) in [7, 11) is 2.27. The summed E-state index contributed by atoms with van der Waals surface area (Å²) in [5, 5.41) is 3.60. The highest BCUT2D eigenvalue weighted by molar-refractivity contribution is 7.99. The average Bonchev–Trinajstić information content (AvgIpc) is 2.29. The van der Waals surface area contributed by atoms with E-state index in [1.807, 2.05) is 0 Å². The van der Waals surface area contributed by atoms with Gasteiger partial charge in [0.05, 0.1) is 0 Å². The maximum absolute atomic E-state index is 3.60. The van der Waals surface area contributed by atoms with Crippen molar-refractivity contribution in [3.05, 3.63) is 0 Å². The highest BCUT2D eigenvalue weighted by Gasteiger charge is 2.15. The van der Waals surface area contributed by atoms with Gasteiger partial charge < -0.3 is 10.2 Å². The lowest BCUT2D eigenvalue weighted by Gasteiger charge is -2.29. The van der Waals surface area contributed by atoms with Gasteiger partial charge in [-0.1, -0.05) is 13.8 Å². The SMILES string of the molecule is CCC(CC)N(C)CCC1CSCCN1. The van der Waals surface area contributed by atoms with Crippen LogP contribution < -0.4 is 5.32 Å². The van der Waals surface area contributed by atoms with Crippen molar-refractivity contribution < 1.29 is 0 Å². The molecule has 1 atom stereocenters. The number of hydrogen-bond donors (Lipinski definition) is 1. The van der Waals surface area contributed by atoms with Crippen LogP contribution in [0, 0.1) is 0 Å². The fraction of sp³-hybridized carbons (Fsp3) is 1.00. The zero-order valence-corrected chi connectivity index (χ0v) is 11.3. The molecular formula is C12H26N2S. The second-order valence-electron chi connectivity index (χ2n) is 4.47. The van der Waals surface area contributed by atoms with E-state index in [0.29, 0.717) is 0 Å². The molecule has 0 saturated carbocycles. The summed E-state index contributed by atoms with van der Waals surface area (Å²) in [5.74, 6) is 2.59. The maximum Gasteiger partial charge on any atom is 0.0170 e. The summed E-state index contributed by atoms with van der Waals surface area (Å²) in [6.07, 6.45) is 3.86. The minimum absolute atomic E-state index is 0.751. The lowest BCUT2D eigenvalue weighted by atomic mass is 10.1. The molecule has 0 amide bonds. The van der Waals surface area contributed by atoms with E-state index >= 15 is 0 Å². The van der Waals surface area contributed by atoms with Crippen LogP contribution in [0.2, 0.25) is 0 Å². The highest BCUT2D eigenvalue weighted by Crippen LogP contribution is 2.12. The third-order valence-electron chi connectivity index (χ3n) is 3.39. The summed E-state index contributed by atoms with van der Waals surface area (Å²) in [6, 6.07) is 1.53. The van der Waals surface area contributed by atoms with Gasteiger partial charge in [-0.25, -0.2) is 0 Å². The molecule has 1 unspecified atom stereocenters. The van der Waals surface area contributed by atoms with E-state index < -0.39 is 0 Å². The van der Waals surface area contributed by atoms with Crippen molar-refractivity contribution in [1.29, 1.82) is 0 Å². The van der Waals surface area contributed by atoms with Crippen LogP contribution >= 0.6 is 11.8 Å². The van der Waals surface area contributed by atoms with E-state index in [4.69, 9.17) is 0 Å². The van der Waals surface area contributed by atoms with Crippen LogP contribution in [-0.2, 0) is 0 Å². The Bertz CT molecular complexity index is 154. The van der Waals surface area contributed by atoms with Gasteiger partial charge in [-0.2, -0.15) is 11.8 Å². The molecule has 1 N–H and O–H groups in total. The minimum Gasteiger partial charge on any atom is -0.312 e. The summed E-state index contributed by atoms with van der Waals surface area (Å²) >= 11 is 2.09. The predicted octanol–water partition coefficient (Wildman–Crippen LogP) is 2.20. The van der Waals surface area contributed by atoms with Crippen molar-refractivity contribution in [2.45, 2.75) is 45.2 Å². The zero-order valence-electron chi connectivity index (χ0n) is 10.5. The number of hydrogen-bond acceptors (Lipinski definition) is 3. The first-order valence-corrected chi connectivity index (χ1v) is 7.44. The number of nitrogens with one attached hydrogen (secondary N) is 1. The molecule has 2 nitrogen and oxygen atoms in total. The summed E-state index contributed by atoms with van der Waals surface area (Å²) in [5.41, 5.74) is 0. The van der Waals surface area contributed by atoms with E-state index in [1.165, 1.54) is 43.9 Å². The molecule has 1 heterocycles. The van der Waals surface area contributed by atoms with Gasteiger partial charge in [0.25, 0.3) is 0 Å². The normalized spacial score (nSPS) is 22.6. The maximum atomic E-state index is 3.60. The van der Waals surface area contributed by atoms with Crippen molar-refractivity contribution >= 4 is 11.8 Å². The Hall–Kier alpha value is 0.270. The first-order chi connectivity index (χ1) is 7.27. The molecular weight excluding hydrogens is 204 g/mol. The lowest BCUT2D eigenvalue weighted by Crippen LogP contribution is -2.41. The quantitative estimate of drug-likeness (QED) is 0.753. The third-order valence-corrected chi connectivity index (χ3v) is 4.53. The lowest BCUT2D eigenvalue weighted by molar-refractivity contribution is 0.219. The van der Waals surface area contributed by atoms with Crippen molar-refractivity contribution in [1.82, 2.24) is 10.2 Å². The molecule has 1 saturated heterocycles. The van der Waals surface area contributed by atoms with Crippen LogP contribution in [0.4, 0.5) is 0 Å². The van der Waals surface area contributed by atoms with Gasteiger partial charge in [0.1, 0.15) is 0 Å². The molecule has 0 aliphatic carbocycles. The molecule has 0 bridgehead atoms. The van der Waals surface area contributed by atoms with E-state index in [2.05, 4.69) is 42.9 Å². The Morgan fingerprint density at radius 3 is 2.67 bits per heavy atom. The smallest absolute Gasteiger partial charge is 0.0170 e. The fourth-order valence-corrected chi connectivity index (χ4v) is 3.26. The van der Waals surface area contributed by atoms with Crippen molar-refractivity contribution in [3.8, 4) is 0 Å². The monoisotopic (exact) mass is 230 g/mol. The van der Waals surface area contributed by atoms with E-state index in [-0.39, 0.29) is 0 Å². The molecule has 0 aromatic heterocycles. The fourth-order valence-electron chi connectivity index (χ4n) is 2.26. The highest BCUT2D eigenvalue weighted by atomic mass is 32.2. The molecule has 0 radical (unpaired) electrons. The summed E-state index contributed by atoms with van der Waals surface area (Å²) in [4.78, 5) is 2.53. The van der Waals surface area contributed by atoms with Crippen molar-refractivity contribution in [3.63, 3.8) is 0 Å². The van der Waals surface area contributed by atoms with Gasteiger partial charge >= 0.3 is 0 Å². The molecule has 0 aromatic carbocycles. The topological polar surface area (TPSA) is 15.3 Å². The van der Waals surface area contributed by atoms with E-state index in [1.54, 1.807) is 0 Å². The molecule has 3 heteroatoms. The molecule has 1 aliphatic heterocycles. The minimum atomic E-state index is 0.751.